The summed E-state index contributed by atoms with van der Waals surface area (Å²) in [4.78, 5) is 41.7. The van der Waals surface area contributed by atoms with Crippen molar-refractivity contribution in [3.8, 4) is 23.0 Å². The number of nitrogens with zero attached hydrogens (tertiary/aromatic N) is 4. The van der Waals surface area contributed by atoms with Gasteiger partial charge in [0.2, 0.25) is 11.5 Å². The molecule has 0 aliphatic heterocycles. The van der Waals surface area contributed by atoms with Crippen molar-refractivity contribution < 1.29 is 29.2 Å². The highest BCUT2D eigenvalue weighted by Gasteiger charge is 2.25. The maximum atomic E-state index is 11.4. The third-order valence-electron chi connectivity index (χ3n) is 6.31. The second-order valence-electron chi connectivity index (χ2n) is 9.21. The normalized spacial score (nSPS) is 11.0. The quantitative estimate of drug-likeness (QED) is 0.141. The first-order chi connectivity index (χ1) is 19.4. The van der Waals surface area contributed by atoms with Gasteiger partial charge in [0.05, 0.1) is 31.8 Å². The Morgan fingerprint density at radius 2 is 0.854 bits per heavy atom. The van der Waals surface area contributed by atoms with Gasteiger partial charge in [0, 0.05) is 17.5 Å². The van der Waals surface area contributed by atoms with Crippen LogP contribution in [0.4, 0.5) is 22.7 Å². The van der Waals surface area contributed by atoms with Crippen molar-refractivity contribution in [2.75, 3.05) is 0 Å². The molecule has 0 N–H and O–H groups in total. The fraction of sp³-hybridized carbons (Fsp3) is 0.111. The molecular weight excluding hydrogens is 540 g/mol. The Morgan fingerprint density at radius 1 is 0.512 bits per heavy atom. The van der Waals surface area contributed by atoms with Gasteiger partial charge in [-0.3, -0.25) is 40.5 Å². The summed E-state index contributed by atoms with van der Waals surface area (Å²) in [6.45, 7) is 3.92. The lowest BCUT2D eigenvalue weighted by Crippen LogP contribution is -2.18. The molecule has 0 saturated carbocycles. The lowest BCUT2D eigenvalue weighted by Gasteiger charge is -2.26. The van der Waals surface area contributed by atoms with Crippen molar-refractivity contribution in [1.29, 1.82) is 0 Å². The first-order valence-electron chi connectivity index (χ1n) is 11.8. The molecule has 4 aromatic rings. The van der Waals surface area contributed by atoms with E-state index in [0.717, 1.165) is 35.4 Å². The van der Waals surface area contributed by atoms with Gasteiger partial charge < -0.3 is 9.47 Å². The maximum Gasteiger partial charge on any atom is 0.318 e. The van der Waals surface area contributed by atoms with Gasteiger partial charge in [-0.2, -0.15) is 0 Å². The molecule has 0 aliphatic carbocycles. The van der Waals surface area contributed by atoms with Gasteiger partial charge in [-0.05, 0) is 47.5 Å². The van der Waals surface area contributed by atoms with Crippen molar-refractivity contribution in [2.45, 2.75) is 19.3 Å². The van der Waals surface area contributed by atoms with Crippen LogP contribution in [0.2, 0.25) is 0 Å². The predicted molar refractivity (Wildman–Crippen MR) is 145 cm³/mol. The number of ether oxygens (including phenoxy) is 2. The van der Waals surface area contributed by atoms with E-state index in [9.17, 15) is 40.5 Å². The van der Waals surface area contributed by atoms with Crippen LogP contribution in [0.1, 0.15) is 25.0 Å². The molecule has 14 nitrogen and oxygen atoms in total. The minimum Gasteiger partial charge on any atom is -0.450 e. The van der Waals surface area contributed by atoms with E-state index in [1.807, 2.05) is 13.8 Å². The van der Waals surface area contributed by atoms with Crippen LogP contribution < -0.4 is 9.47 Å². The molecule has 0 fully saturated rings. The van der Waals surface area contributed by atoms with E-state index in [1.165, 1.54) is 12.1 Å². The highest BCUT2D eigenvalue weighted by atomic mass is 16.6. The summed E-state index contributed by atoms with van der Waals surface area (Å²) < 4.78 is 11.3. The highest BCUT2D eigenvalue weighted by Crippen LogP contribution is 2.38. The van der Waals surface area contributed by atoms with E-state index in [4.69, 9.17) is 9.47 Å². The SMILES string of the molecule is CC(C)(c1ccc(Oc2ccc([N+](=O)[O-])cc2[N+](=O)[O-])cc1)c1ccc(Oc2ccc([N+](=O)[O-])cc2[N+](=O)[O-])cc1. The van der Waals surface area contributed by atoms with Crippen LogP contribution >= 0.6 is 0 Å². The summed E-state index contributed by atoms with van der Waals surface area (Å²) in [5, 5.41) is 44.7. The van der Waals surface area contributed by atoms with Crippen LogP contribution in [0.25, 0.3) is 0 Å². The molecule has 0 unspecified atom stereocenters. The molecule has 41 heavy (non-hydrogen) atoms. The van der Waals surface area contributed by atoms with Crippen LogP contribution in [0, 0.1) is 40.5 Å². The molecule has 0 radical (unpaired) electrons. The summed E-state index contributed by atoms with van der Waals surface area (Å²) in [6, 6.07) is 19.8. The fourth-order valence-corrected chi connectivity index (χ4v) is 4.00. The zero-order chi connectivity index (χ0) is 29.9. The minimum atomic E-state index is -0.757. The van der Waals surface area contributed by atoms with Crippen molar-refractivity contribution in [2.24, 2.45) is 0 Å². The number of non-ortho nitro benzene ring substituents is 2. The molecule has 0 aromatic heterocycles. The molecule has 4 aromatic carbocycles. The van der Waals surface area contributed by atoms with Gasteiger partial charge in [-0.15, -0.1) is 0 Å². The van der Waals surface area contributed by atoms with E-state index < -0.39 is 47.9 Å². The second-order valence-corrected chi connectivity index (χ2v) is 9.21. The second kappa shape index (κ2) is 11.1. The standard InChI is InChI=1S/C27H20N4O10/c1-27(2,17-3-9-21(10-4-17)40-25-13-7-19(28(32)33)15-23(25)30(36)37)18-5-11-22(12-6-18)41-26-14-8-20(29(34)35)16-24(26)31(38)39/h3-16H,1-2H3. The number of hydrogen-bond donors (Lipinski definition) is 0. The summed E-state index contributed by atoms with van der Waals surface area (Å²) in [7, 11) is 0. The lowest BCUT2D eigenvalue weighted by molar-refractivity contribution is -0.394. The first kappa shape index (κ1) is 28.1. The van der Waals surface area contributed by atoms with E-state index in [0.29, 0.717) is 0 Å². The molecule has 0 spiro atoms. The molecule has 0 amide bonds. The van der Waals surface area contributed by atoms with Gasteiger partial charge in [0.15, 0.2) is 0 Å². The summed E-state index contributed by atoms with van der Waals surface area (Å²) >= 11 is 0. The number of hydrogen-bond acceptors (Lipinski definition) is 10. The van der Waals surface area contributed by atoms with E-state index in [2.05, 4.69) is 0 Å². The van der Waals surface area contributed by atoms with Crippen LogP contribution in [-0.4, -0.2) is 19.7 Å². The molecule has 14 heteroatoms. The van der Waals surface area contributed by atoms with Crippen LogP contribution in [0.15, 0.2) is 84.9 Å². The number of nitro groups is 4. The van der Waals surface area contributed by atoms with Crippen molar-refractivity contribution >= 4 is 22.7 Å². The topological polar surface area (TPSA) is 191 Å². The van der Waals surface area contributed by atoms with Crippen molar-refractivity contribution in [3.63, 3.8) is 0 Å². The molecule has 0 heterocycles. The Balaban J connectivity index is 1.52. The summed E-state index contributed by atoms with van der Waals surface area (Å²) in [5.74, 6) is 0.290. The number of benzene rings is 4. The highest BCUT2D eigenvalue weighted by molar-refractivity contribution is 5.56. The largest absolute Gasteiger partial charge is 0.450 e. The molecule has 0 saturated heterocycles. The maximum absolute atomic E-state index is 11.4. The molecule has 0 aliphatic rings. The molecule has 0 atom stereocenters. The summed E-state index contributed by atoms with van der Waals surface area (Å²) in [6.07, 6.45) is 0. The third-order valence-corrected chi connectivity index (χ3v) is 6.31. The fourth-order valence-electron chi connectivity index (χ4n) is 4.00. The predicted octanol–water partition coefficient (Wildman–Crippen LogP) is 7.23. The van der Waals surface area contributed by atoms with Crippen molar-refractivity contribution in [3.05, 3.63) is 137 Å². The van der Waals surface area contributed by atoms with Crippen LogP contribution in [0.5, 0.6) is 23.0 Å². The average Bonchev–Trinajstić information content (AvgIpc) is 2.93. The van der Waals surface area contributed by atoms with Crippen molar-refractivity contribution in [1.82, 2.24) is 0 Å². The van der Waals surface area contributed by atoms with E-state index in [1.54, 1.807) is 48.5 Å². The smallest absolute Gasteiger partial charge is 0.318 e. The molecule has 0 bridgehead atoms. The Labute approximate surface area is 231 Å². The van der Waals surface area contributed by atoms with Crippen LogP contribution in [-0.2, 0) is 5.41 Å². The molecule has 4 rings (SSSR count). The van der Waals surface area contributed by atoms with Gasteiger partial charge >= 0.3 is 11.4 Å². The first-order valence-corrected chi connectivity index (χ1v) is 11.8. The van der Waals surface area contributed by atoms with Gasteiger partial charge in [0.1, 0.15) is 11.5 Å². The van der Waals surface area contributed by atoms with Gasteiger partial charge in [-0.25, -0.2) is 0 Å². The van der Waals surface area contributed by atoms with E-state index >= 15 is 0 Å². The third kappa shape index (κ3) is 6.06. The summed E-state index contributed by atoms with van der Waals surface area (Å²) in [5.41, 5.74) is -0.733. The van der Waals surface area contributed by atoms with Gasteiger partial charge in [-0.1, -0.05) is 38.1 Å². The lowest BCUT2D eigenvalue weighted by atomic mass is 9.78. The monoisotopic (exact) mass is 560 g/mol. The Hall–Kier alpha value is -5.92. The molecule has 208 valence electrons. The minimum absolute atomic E-state index is 0.142. The van der Waals surface area contributed by atoms with Gasteiger partial charge in [0.25, 0.3) is 11.4 Å². The Bertz CT molecular complexity index is 1550. The number of rotatable bonds is 10. The van der Waals surface area contributed by atoms with Crippen LogP contribution in [0.3, 0.4) is 0 Å². The average molecular weight is 560 g/mol. The van der Waals surface area contributed by atoms with E-state index in [-0.39, 0.29) is 23.0 Å². The Kier molecular flexibility index (Phi) is 7.58. The zero-order valence-corrected chi connectivity index (χ0v) is 21.5. The molecular formula is C27H20N4O10. The zero-order valence-electron chi connectivity index (χ0n) is 21.5. The number of nitro benzene ring substituents is 4. The Morgan fingerprint density at radius 3 is 1.15 bits per heavy atom.